The number of hydrogen-bond donors (Lipinski definition) is 4. The minimum atomic E-state index is -2.98. The van der Waals surface area contributed by atoms with Crippen LogP contribution in [0, 0.1) is 11.3 Å². The van der Waals surface area contributed by atoms with Crippen LogP contribution in [-0.4, -0.2) is 54.5 Å². The molecule has 1 fully saturated rings. The van der Waals surface area contributed by atoms with Gasteiger partial charge in [-0.2, -0.15) is 5.26 Å². The van der Waals surface area contributed by atoms with E-state index >= 15 is 0 Å². The van der Waals surface area contributed by atoms with E-state index in [-0.39, 0.29) is 11.5 Å². The molecule has 0 spiro atoms. The average Bonchev–Trinajstić information content (AvgIpc) is 3.03. The summed E-state index contributed by atoms with van der Waals surface area (Å²) in [5, 5.41) is 38.8. The number of nitrogen functional groups attached to an aromatic ring is 1. The van der Waals surface area contributed by atoms with Crippen LogP contribution in [0.15, 0.2) is 18.6 Å². The Morgan fingerprint density at radius 3 is 2.77 bits per heavy atom. The summed E-state index contributed by atoms with van der Waals surface area (Å²) in [5.74, 6) is -2.86. The molecule has 9 nitrogen and oxygen atoms in total. The first-order valence-electron chi connectivity index (χ1n) is 6.25. The second kappa shape index (κ2) is 4.59. The van der Waals surface area contributed by atoms with E-state index < -0.39 is 30.4 Å². The molecule has 3 heterocycles. The predicted octanol–water partition coefficient (Wildman–Crippen LogP) is -1.40. The number of nitrogens with zero attached hydrogens (tertiary/aromatic N) is 4. The lowest BCUT2D eigenvalue weighted by atomic mass is 10.0. The summed E-state index contributed by atoms with van der Waals surface area (Å²) < 4.78 is 20.3. The third-order valence-electron chi connectivity index (χ3n) is 3.71. The Labute approximate surface area is 123 Å². The minimum Gasteiger partial charge on any atom is -0.390 e. The van der Waals surface area contributed by atoms with Crippen LogP contribution < -0.4 is 5.73 Å². The molecule has 10 heteroatoms. The summed E-state index contributed by atoms with van der Waals surface area (Å²) in [6.45, 7) is -1.23. The number of aromatic nitrogens is 3. The van der Waals surface area contributed by atoms with E-state index in [0.29, 0.717) is 5.39 Å². The molecule has 2 aromatic heterocycles. The maximum atomic E-state index is 14.3. The monoisotopic (exact) mass is 309 g/mol. The first-order valence-corrected chi connectivity index (χ1v) is 6.25. The fourth-order valence-corrected chi connectivity index (χ4v) is 2.53. The van der Waals surface area contributed by atoms with Crippen molar-refractivity contribution in [3.8, 4) is 6.07 Å². The number of nitrogens with two attached hydrogens (primary N) is 1. The quantitative estimate of drug-likeness (QED) is 0.529. The molecule has 0 aromatic carbocycles. The summed E-state index contributed by atoms with van der Waals surface area (Å²) in [6.07, 6.45) is -1.64. The third kappa shape index (κ3) is 1.65. The SMILES string of the molecule is N#C[C@@]1(n2ccc3c(N)ncnc32)O[C@](F)(CO)[C@@H](O)[C@H]1O. The van der Waals surface area contributed by atoms with Gasteiger partial charge in [0.1, 0.15) is 42.7 Å². The Kier molecular flexibility index (Phi) is 3.05. The van der Waals surface area contributed by atoms with Crippen LogP contribution in [0.1, 0.15) is 0 Å². The number of fused-ring (bicyclic) bond motifs is 1. The maximum absolute atomic E-state index is 14.3. The van der Waals surface area contributed by atoms with E-state index in [1.54, 1.807) is 6.07 Å². The van der Waals surface area contributed by atoms with Gasteiger partial charge >= 0.3 is 0 Å². The Morgan fingerprint density at radius 1 is 1.45 bits per heavy atom. The number of alkyl halides is 1. The minimum absolute atomic E-state index is 0.113. The van der Waals surface area contributed by atoms with Gasteiger partial charge in [0, 0.05) is 6.20 Å². The van der Waals surface area contributed by atoms with Crippen LogP contribution in [-0.2, 0) is 10.5 Å². The second-order valence-corrected chi connectivity index (χ2v) is 4.93. The third-order valence-corrected chi connectivity index (χ3v) is 3.71. The molecule has 2 aromatic rings. The summed E-state index contributed by atoms with van der Waals surface area (Å²) in [4.78, 5) is 7.71. The molecular formula is C12H12FN5O4. The smallest absolute Gasteiger partial charge is 0.267 e. The molecule has 5 N–H and O–H groups in total. The zero-order chi connectivity index (χ0) is 16.1. The van der Waals surface area contributed by atoms with Crippen LogP contribution in [0.3, 0.4) is 0 Å². The second-order valence-electron chi connectivity index (χ2n) is 4.93. The predicted molar refractivity (Wildman–Crippen MR) is 69.6 cm³/mol. The summed E-state index contributed by atoms with van der Waals surface area (Å²) in [6, 6.07) is 3.10. The van der Waals surface area contributed by atoms with Crippen LogP contribution in [0.4, 0.5) is 10.2 Å². The van der Waals surface area contributed by atoms with Crippen molar-refractivity contribution in [3.05, 3.63) is 18.6 Å². The number of rotatable bonds is 2. The number of aliphatic hydroxyl groups excluding tert-OH is 3. The highest BCUT2D eigenvalue weighted by Crippen LogP contribution is 2.43. The molecule has 22 heavy (non-hydrogen) atoms. The summed E-state index contributed by atoms with van der Waals surface area (Å²) >= 11 is 0. The molecule has 0 radical (unpaired) electrons. The molecule has 1 saturated heterocycles. The van der Waals surface area contributed by atoms with Crippen LogP contribution in [0.25, 0.3) is 11.0 Å². The first kappa shape index (κ1) is 14.6. The standard InChI is InChI=1S/C12H12FN5O4/c13-11(4-19)7(20)8(21)12(3-14,22-11)18-2-1-6-9(15)16-5-17-10(6)18/h1-2,5,7-8,19-21H,4H2,(H2,15,16,17)/t7-,8+,11+,12+/m0/s1. The molecule has 0 amide bonds. The van der Waals surface area contributed by atoms with Crippen molar-refractivity contribution in [1.82, 2.24) is 14.5 Å². The topological polar surface area (TPSA) is 150 Å². The zero-order valence-electron chi connectivity index (χ0n) is 11.1. The molecule has 3 rings (SSSR count). The number of nitriles is 1. The summed E-state index contributed by atoms with van der Waals surface area (Å²) in [5.41, 5.74) is 3.49. The Bertz CT molecular complexity index is 776. The Balaban J connectivity index is 2.23. The molecular weight excluding hydrogens is 297 g/mol. The Morgan fingerprint density at radius 2 is 2.18 bits per heavy atom. The van der Waals surface area contributed by atoms with E-state index in [4.69, 9.17) is 15.6 Å². The van der Waals surface area contributed by atoms with Crippen molar-refractivity contribution < 1.29 is 24.4 Å². The van der Waals surface area contributed by atoms with E-state index in [0.717, 1.165) is 10.9 Å². The maximum Gasteiger partial charge on any atom is 0.267 e. The van der Waals surface area contributed by atoms with Gasteiger partial charge < -0.3 is 21.1 Å². The molecule has 0 aliphatic carbocycles. The summed E-state index contributed by atoms with van der Waals surface area (Å²) in [7, 11) is 0. The molecule has 1 aliphatic heterocycles. The highest BCUT2D eigenvalue weighted by atomic mass is 19.2. The lowest BCUT2D eigenvalue weighted by Gasteiger charge is -2.27. The van der Waals surface area contributed by atoms with Gasteiger partial charge in [0.15, 0.2) is 0 Å². The van der Waals surface area contributed by atoms with E-state index in [1.165, 1.54) is 12.3 Å². The molecule has 1 aliphatic rings. The fourth-order valence-electron chi connectivity index (χ4n) is 2.53. The zero-order valence-corrected chi connectivity index (χ0v) is 11.1. The van der Waals surface area contributed by atoms with Crippen LogP contribution in [0.2, 0.25) is 0 Å². The van der Waals surface area contributed by atoms with Crippen LogP contribution >= 0.6 is 0 Å². The largest absolute Gasteiger partial charge is 0.390 e. The van der Waals surface area contributed by atoms with Gasteiger partial charge in [0.25, 0.3) is 11.6 Å². The fraction of sp³-hybridized carbons (Fsp3) is 0.417. The van der Waals surface area contributed by atoms with Gasteiger partial charge in [-0.05, 0) is 6.07 Å². The number of hydrogen-bond acceptors (Lipinski definition) is 8. The van der Waals surface area contributed by atoms with Gasteiger partial charge in [0.05, 0.1) is 5.39 Å². The molecule has 4 atom stereocenters. The van der Waals surface area contributed by atoms with Gasteiger partial charge in [-0.25, -0.2) is 14.4 Å². The van der Waals surface area contributed by atoms with Gasteiger partial charge in [-0.15, -0.1) is 0 Å². The number of aliphatic hydroxyl groups is 3. The normalized spacial score (nSPS) is 34.9. The first-order chi connectivity index (χ1) is 10.4. The Hall–Kier alpha value is -2.32. The lowest BCUT2D eigenvalue weighted by Crippen LogP contribution is -2.44. The highest BCUT2D eigenvalue weighted by Gasteiger charge is 2.65. The molecule has 0 unspecified atom stereocenters. The van der Waals surface area contributed by atoms with Gasteiger partial charge in [-0.3, -0.25) is 9.30 Å². The molecule has 116 valence electrons. The average molecular weight is 309 g/mol. The van der Waals surface area contributed by atoms with Gasteiger partial charge in [0.2, 0.25) is 0 Å². The van der Waals surface area contributed by atoms with Gasteiger partial charge in [-0.1, -0.05) is 0 Å². The van der Waals surface area contributed by atoms with Crippen molar-refractivity contribution in [2.45, 2.75) is 23.8 Å². The van der Waals surface area contributed by atoms with E-state index in [1.807, 2.05) is 0 Å². The van der Waals surface area contributed by atoms with Crippen LogP contribution in [0.5, 0.6) is 0 Å². The highest BCUT2D eigenvalue weighted by molar-refractivity contribution is 5.86. The van der Waals surface area contributed by atoms with Crippen molar-refractivity contribution in [2.75, 3.05) is 12.3 Å². The molecule has 0 bridgehead atoms. The van der Waals surface area contributed by atoms with E-state index in [9.17, 15) is 19.9 Å². The molecule has 0 saturated carbocycles. The lowest BCUT2D eigenvalue weighted by molar-refractivity contribution is -0.226. The van der Waals surface area contributed by atoms with Crippen molar-refractivity contribution in [2.24, 2.45) is 0 Å². The van der Waals surface area contributed by atoms with Crippen molar-refractivity contribution >= 4 is 16.9 Å². The van der Waals surface area contributed by atoms with E-state index in [2.05, 4.69) is 9.97 Å². The van der Waals surface area contributed by atoms with Crippen molar-refractivity contribution in [1.29, 1.82) is 5.26 Å². The number of ether oxygens (including phenoxy) is 1. The van der Waals surface area contributed by atoms with Crippen molar-refractivity contribution in [3.63, 3.8) is 0 Å². The number of halogens is 1. The number of anilines is 1.